The number of ether oxygens (including phenoxy) is 3. The Balaban J connectivity index is 1.58. The van der Waals surface area contributed by atoms with Crippen molar-refractivity contribution in [1.29, 1.82) is 0 Å². The third-order valence-electron chi connectivity index (χ3n) is 5.66. The molecule has 0 unspecified atom stereocenters. The summed E-state index contributed by atoms with van der Waals surface area (Å²) in [6, 6.07) is 16.1. The summed E-state index contributed by atoms with van der Waals surface area (Å²) in [5.41, 5.74) is 5.91. The molecule has 2 aromatic rings. The van der Waals surface area contributed by atoms with Gasteiger partial charge in [-0.1, -0.05) is 30.3 Å². The number of nitrogens with zero attached hydrogens (tertiary/aromatic N) is 3. The predicted octanol–water partition coefficient (Wildman–Crippen LogP) is 4.57. The van der Waals surface area contributed by atoms with Crippen molar-refractivity contribution in [2.45, 2.75) is 12.8 Å². The Bertz CT molecular complexity index is 1040. The molecule has 1 saturated heterocycles. The average molecular weight is 432 g/mol. The molecule has 0 N–H and O–H groups in total. The molecule has 4 rings (SSSR count). The molecule has 0 atom stereocenters. The normalized spacial score (nSPS) is 18.3. The van der Waals surface area contributed by atoms with E-state index in [0.29, 0.717) is 5.75 Å². The first-order valence-electron chi connectivity index (χ1n) is 10.9. The van der Waals surface area contributed by atoms with Gasteiger partial charge >= 0.3 is 0 Å². The van der Waals surface area contributed by atoms with Gasteiger partial charge in [0, 0.05) is 30.4 Å². The predicted molar refractivity (Wildman–Crippen MR) is 129 cm³/mol. The highest BCUT2D eigenvalue weighted by molar-refractivity contribution is 5.86. The minimum Gasteiger partial charge on any atom is -0.497 e. The van der Waals surface area contributed by atoms with Crippen LogP contribution in [0.3, 0.4) is 0 Å². The van der Waals surface area contributed by atoms with Gasteiger partial charge in [-0.05, 0) is 47.8 Å². The molecule has 6 heteroatoms. The SMILES string of the molecule is COc1ccc(/C=N/N=C/C2=C(N3CCOCC3)C(=C/c3ccccc3)/CC2)c(OC)c1. The Morgan fingerprint density at radius 2 is 1.69 bits per heavy atom. The number of benzene rings is 2. The highest BCUT2D eigenvalue weighted by Gasteiger charge is 2.25. The van der Waals surface area contributed by atoms with Gasteiger partial charge in [-0.2, -0.15) is 10.2 Å². The summed E-state index contributed by atoms with van der Waals surface area (Å²) in [5, 5.41) is 8.65. The van der Waals surface area contributed by atoms with E-state index in [0.717, 1.165) is 50.5 Å². The van der Waals surface area contributed by atoms with Gasteiger partial charge in [0.1, 0.15) is 11.5 Å². The first-order chi connectivity index (χ1) is 15.8. The number of allylic oxidation sites excluding steroid dienone is 2. The van der Waals surface area contributed by atoms with Crippen LogP contribution in [0.4, 0.5) is 0 Å². The Morgan fingerprint density at radius 3 is 2.44 bits per heavy atom. The number of hydrogen-bond donors (Lipinski definition) is 0. The van der Waals surface area contributed by atoms with Crippen molar-refractivity contribution in [3.63, 3.8) is 0 Å². The molecule has 0 saturated carbocycles. The van der Waals surface area contributed by atoms with E-state index < -0.39 is 0 Å². The molecular formula is C26H29N3O3. The molecule has 0 aromatic heterocycles. The van der Waals surface area contributed by atoms with Crippen molar-refractivity contribution in [2.75, 3.05) is 40.5 Å². The average Bonchev–Trinajstić information content (AvgIpc) is 3.25. The third-order valence-corrected chi connectivity index (χ3v) is 5.66. The number of morpholine rings is 1. The van der Waals surface area contributed by atoms with E-state index >= 15 is 0 Å². The summed E-state index contributed by atoms with van der Waals surface area (Å²) in [4.78, 5) is 2.42. The van der Waals surface area contributed by atoms with E-state index in [-0.39, 0.29) is 0 Å². The second-order valence-electron chi connectivity index (χ2n) is 7.65. The van der Waals surface area contributed by atoms with E-state index in [1.165, 1.54) is 22.4 Å². The second kappa shape index (κ2) is 10.8. The molecule has 2 aromatic carbocycles. The van der Waals surface area contributed by atoms with Crippen molar-refractivity contribution in [3.8, 4) is 11.5 Å². The van der Waals surface area contributed by atoms with Gasteiger partial charge in [-0.3, -0.25) is 0 Å². The molecule has 32 heavy (non-hydrogen) atoms. The quantitative estimate of drug-likeness (QED) is 0.476. The molecule has 1 heterocycles. The van der Waals surface area contributed by atoms with Crippen LogP contribution in [-0.4, -0.2) is 57.9 Å². The molecule has 166 valence electrons. The fourth-order valence-electron chi connectivity index (χ4n) is 4.05. The van der Waals surface area contributed by atoms with Crippen molar-refractivity contribution in [3.05, 3.63) is 76.5 Å². The lowest BCUT2D eigenvalue weighted by atomic mass is 10.1. The van der Waals surface area contributed by atoms with Gasteiger partial charge in [0.05, 0.1) is 39.9 Å². The van der Waals surface area contributed by atoms with E-state index in [4.69, 9.17) is 14.2 Å². The summed E-state index contributed by atoms with van der Waals surface area (Å²) in [6.45, 7) is 3.29. The zero-order valence-corrected chi connectivity index (χ0v) is 18.7. The zero-order valence-electron chi connectivity index (χ0n) is 18.7. The Morgan fingerprint density at radius 1 is 0.906 bits per heavy atom. The lowest BCUT2D eigenvalue weighted by Crippen LogP contribution is -2.36. The summed E-state index contributed by atoms with van der Waals surface area (Å²) in [7, 11) is 3.27. The van der Waals surface area contributed by atoms with Crippen LogP contribution in [0.5, 0.6) is 11.5 Å². The van der Waals surface area contributed by atoms with Crippen LogP contribution in [0.1, 0.15) is 24.0 Å². The first-order valence-corrected chi connectivity index (χ1v) is 10.9. The molecule has 2 aliphatic rings. The Kier molecular flexibility index (Phi) is 7.35. The van der Waals surface area contributed by atoms with Crippen LogP contribution < -0.4 is 9.47 Å². The van der Waals surface area contributed by atoms with Crippen molar-refractivity contribution in [2.24, 2.45) is 10.2 Å². The van der Waals surface area contributed by atoms with Gasteiger partial charge in [-0.15, -0.1) is 0 Å². The van der Waals surface area contributed by atoms with Crippen molar-refractivity contribution in [1.82, 2.24) is 4.90 Å². The van der Waals surface area contributed by atoms with E-state index in [1.54, 1.807) is 20.4 Å². The fourth-order valence-corrected chi connectivity index (χ4v) is 4.05. The lowest BCUT2D eigenvalue weighted by molar-refractivity contribution is 0.0548. The molecular weight excluding hydrogens is 402 g/mol. The topological polar surface area (TPSA) is 55.7 Å². The van der Waals surface area contributed by atoms with Gasteiger partial charge in [0.15, 0.2) is 0 Å². The summed E-state index contributed by atoms with van der Waals surface area (Å²) >= 11 is 0. The minimum atomic E-state index is 0.700. The van der Waals surface area contributed by atoms with E-state index in [1.807, 2.05) is 30.5 Å². The number of hydrogen-bond acceptors (Lipinski definition) is 6. The summed E-state index contributed by atoms with van der Waals surface area (Å²) < 4.78 is 16.2. The smallest absolute Gasteiger partial charge is 0.131 e. The summed E-state index contributed by atoms with van der Waals surface area (Å²) in [5.74, 6) is 1.44. The molecule has 0 radical (unpaired) electrons. The maximum atomic E-state index is 5.57. The molecule has 1 aliphatic heterocycles. The highest BCUT2D eigenvalue weighted by atomic mass is 16.5. The van der Waals surface area contributed by atoms with Crippen LogP contribution >= 0.6 is 0 Å². The molecule has 6 nitrogen and oxygen atoms in total. The van der Waals surface area contributed by atoms with Crippen molar-refractivity contribution >= 4 is 18.5 Å². The lowest BCUT2D eigenvalue weighted by Gasteiger charge is -2.31. The minimum absolute atomic E-state index is 0.700. The van der Waals surface area contributed by atoms with Crippen LogP contribution in [0.25, 0.3) is 6.08 Å². The van der Waals surface area contributed by atoms with Gasteiger partial charge in [-0.25, -0.2) is 0 Å². The number of methoxy groups -OCH3 is 2. The molecule has 0 bridgehead atoms. The maximum Gasteiger partial charge on any atom is 0.131 e. The fraction of sp³-hybridized carbons (Fsp3) is 0.308. The maximum absolute atomic E-state index is 5.57. The molecule has 0 spiro atoms. The Hall–Kier alpha value is -3.38. The second-order valence-corrected chi connectivity index (χ2v) is 7.65. The first kappa shape index (κ1) is 21.8. The van der Waals surface area contributed by atoms with E-state index in [9.17, 15) is 0 Å². The van der Waals surface area contributed by atoms with Gasteiger partial charge in [0.25, 0.3) is 0 Å². The monoisotopic (exact) mass is 431 g/mol. The third kappa shape index (κ3) is 5.26. The summed E-state index contributed by atoms with van der Waals surface area (Å²) in [6.07, 6.45) is 7.84. The Labute approximate surface area is 189 Å². The van der Waals surface area contributed by atoms with E-state index in [2.05, 4.69) is 45.4 Å². The standard InChI is InChI=1S/C26H29N3O3/c1-30-24-11-10-22(25(17-24)31-2)18-27-28-19-23-9-8-21(16-20-6-4-3-5-7-20)26(23)29-12-14-32-15-13-29/h3-7,10-11,16-19H,8-9,12-15H2,1-2H3/b21-16+,27-18+,28-19+. The van der Waals surface area contributed by atoms with Gasteiger partial charge < -0.3 is 19.1 Å². The van der Waals surface area contributed by atoms with Crippen LogP contribution in [-0.2, 0) is 4.74 Å². The molecule has 1 fully saturated rings. The largest absolute Gasteiger partial charge is 0.497 e. The zero-order chi connectivity index (χ0) is 22.2. The number of rotatable bonds is 7. The molecule has 0 amide bonds. The van der Waals surface area contributed by atoms with Crippen molar-refractivity contribution < 1.29 is 14.2 Å². The van der Waals surface area contributed by atoms with Gasteiger partial charge in [0.2, 0.25) is 0 Å². The highest BCUT2D eigenvalue weighted by Crippen LogP contribution is 2.35. The van der Waals surface area contributed by atoms with Crippen LogP contribution in [0, 0.1) is 0 Å². The van der Waals surface area contributed by atoms with Crippen LogP contribution in [0.2, 0.25) is 0 Å². The molecule has 1 aliphatic carbocycles. The van der Waals surface area contributed by atoms with Crippen LogP contribution in [0.15, 0.2) is 75.6 Å².